The van der Waals surface area contributed by atoms with E-state index < -0.39 is 10.8 Å². The van der Waals surface area contributed by atoms with Crippen LogP contribution in [-0.2, 0) is 17.3 Å². The van der Waals surface area contributed by atoms with Crippen molar-refractivity contribution in [2.75, 3.05) is 18.8 Å². The Morgan fingerprint density at radius 3 is 2.77 bits per heavy atom. The molecule has 3 rings (SSSR count). The van der Waals surface area contributed by atoms with Crippen molar-refractivity contribution in [3.8, 4) is 5.69 Å². The van der Waals surface area contributed by atoms with Gasteiger partial charge >= 0.3 is 0 Å². The normalized spacial score (nSPS) is 22.4. The minimum absolute atomic E-state index is 0.0869. The van der Waals surface area contributed by atoms with Gasteiger partial charge in [-0.15, -0.1) is 0 Å². The Bertz CT molecular complexity index is 653. The average Bonchev–Trinajstić information content (AvgIpc) is 2.94. The molecule has 0 aliphatic carbocycles. The van der Waals surface area contributed by atoms with Crippen molar-refractivity contribution in [2.24, 2.45) is 0 Å². The topological polar surface area (TPSA) is 51.0 Å². The number of hydrogen-bond acceptors (Lipinski definition) is 4. The number of aromatic nitrogens is 3. The molecule has 1 saturated heterocycles. The summed E-state index contributed by atoms with van der Waals surface area (Å²) < 4.78 is 12.1. The maximum Gasteiger partial charge on any atom is 0.0971 e. The van der Waals surface area contributed by atoms with Gasteiger partial charge in [-0.2, -0.15) is 15.0 Å². The van der Waals surface area contributed by atoms with Crippen molar-refractivity contribution in [3.63, 3.8) is 0 Å². The van der Waals surface area contributed by atoms with Crippen LogP contribution in [0, 0.1) is 0 Å². The molecule has 22 heavy (non-hydrogen) atoms. The molecule has 1 aromatic carbocycles. The Labute approximate surface area is 133 Å². The van der Waals surface area contributed by atoms with E-state index in [-0.39, 0.29) is 4.75 Å². The molecule has 0 spiro atoms. The van der Waals surface area contributed by atoms with Crippen molar-refractivity contribution in [2.45, 2.75) is 31.6 Å². The standard InChI is InChI=1S/C16H22N4OS/c1-16(2)8-9-19(10-11-22(16)21)13-14-12-17-20(18-14)15-6-4-3-5-7-15/h3-7,12H,8-11,13H2,1-2H3. The minimum Gasteiger partial charge on any atom is -0.296 e. The molecule has 118 valence electrons. The molecule has 1 aliphatic heterocycles. The largest absolute Gasteiger partial charge is 0.296 e. The van der Waals surface area contributed by atoms with E-state index in [1.165, 1.54) is 0 Å². The van der Waals surface area contributed by atoms with Crippen LogP contribution >= 0.6 is 0 Å². The van der Waals surface area contributed by atoms with Gasteiger partial charge in [0.25, 0.3) is 0 Å². The second-order valence-electron chi connectivity index (χ2n) is 6.30. The first-order valence-electron chi connectivity index (χ1n) is 7.62. The fraction of sp³-hybridized carbons (Fsp3) is 0.500. The number of nitrogens with zero attached hydrogens (tertiary/aromatic N) is 4. The predicted molar refractivity (Wildman–Crippen MR) is 88.3 cm³/mol. The van der Waals surface area contributed by atoms with Gasteiger partial charge in [0.2, 0.25) is 0 Å². The smallest absolute Gasteiger partial charge is 0.0971 e. The lowest BCUT2D eigenvalue weighted by molar-refractivity contribution is 0.273. The van der Waals surface area contributed by atoms with E-state index in [1.54, 1.807) is 4.80 Å². The monoisotopic (exact) mass is 318 g/mol. The van der Waals surface area contributed by atoms with Gasteiger partial charge < -0.3 is 0 Å². The van der Waals surface area contributed by atoms with Crippen LogP contribution in [0.5, 0.6) is 0 Å². The molecule has 0 bridgehead atoms. The fourth-order valence-electron chi connectivity index (χ4n) is 2.58. The highest BCUT2D eigenvalue weighted by molar-refractivity contribution is 7.86. The van der Waals surface area contributed by atoms with Gasteiger partial charge in [0.1, 0.15) is 0 Å². The molecule has 1 unspecified atom stereocenters. The van der Waals surface area contributed by atoms with E-state index in [9.17, 15) is 4.21 Å². The molecule has 1 atom stereocenters. The maximum absolute atomic E-state index is 12.2. The predicted octanol–water partition coefficient (Wildman–Crippen LogP) is 2.00. The molecule has 5 nitrogen and oxygen atoms in total. The van der Waals surface area contributed by atoms with Gasteiger partial charge in [0.05, 0.1) is 17.6 Å². The van der Waals surface area contributed by atoms with Gasteiger partial charge in [-0.25, -0.2) is 0 Å². The molecule has 1 aromatic heterocycles. The van der Waals surface area contributed by atoms with Gasteiger partial charge in [0, 0.05) is 34.4 Å². The Kier molecular flexibility index (Phi) is 4.40. The van der Waals surface area contributed by atoms with E-state index in [2.05, 4.69) is 28.9 Å². The summed E-state index contributed by atoms with van der Waals surface area (Å²) in [4.78, 5) is 3.99. The summed E-state index contributed by atoms with van der Waals surface area (Å²) in [6.07, 6.45) is 2.77. The summed E-state index contributed by atoms with van der Waals surface area (Å²) in [5.41, 5.74) is 1.92. The van der Waals surface area contributed by atoms with Crippen molar-refractivity contribution in [3.05, 3.63) is 42.2 Å². The van der Waals surface area contributed by atoms with Crippen LogP contribution in [0.4, 0.5) is 0 Å². The van der Waals surface area contributed by atoms with Gasteiger partial charge in [-0.3, -0.25) is 9.11 Å². The first kappa shape index (κ1) is 15.4. The fourth-order valence-corrected chi connectivity index (χ4v) is 3.88. The lowest BCUT2D eigenvalue weighted by Gasteiger charge is -2.21. The van der Waals surface area contributed by atoms with Crippen LogP contribution in [0.3, 0.4) is 0 Å². The maximum atomic E-state index is 12.2. The quantitative estimate of drug-likeness (QED) is 0.868. The summed E-state index contributed by atoms with van der Waals surface area (Å²) >= 11 is 0. The molecule has 1 fully saturated rings. The Balaban J connectivity index is 1.67. The lowest BCUT2D eigenvalue weighted by atomic mass is 10.1. The van der Waals surface area contributed by atoms with Crippen molar-refractivity contribution in [1.82, 2.24) is 19.9 Å². The summed E-state index contributed by atoms with van der Waals surface area (Å²) in [6.45, 7) is 6.77. The van der Waals surface area contributed by atoms with Gasteiger partial charge in [0.15, 0.2) is 0 Å². The SMILES string of the molecule is CC1(C)CCN(Cc2cnn(-c3ccccc3)n2)CCS1=O. The average molecular weight is 318 g/mol. The minimum atomic E-state index is -0.754. The molecule has 0 N–H and O–H groups in total. The van der Waals surface area contributed by atoms with Crippen LogP contribution in [-0.4, -0.2) is 47.7 Å². The third-order valence-electron chi connectivity index (χ3n) is 4.15. The highest BCUT2D eigenvalue weighted by atomic mass is 32.2. The van der Waals surface area contributed by atoms with Crippen LogP contribution < -0.4 is 0 Å². The molecule has 6 heteroatoms. The summed E-state index contributed by atoms with van der Waals surface area (Å²) in [7, 11) is -0.754. The molecule has 1 aliphatic rings. The van der Waals surface area contributed by atoms with Crippen LogP contribution in [0.2, 0.25) is 0 Å². The highest BCUT2D eigenvalue weighted by Crippen LogP contribution is 2.22. The zero-order valence-electron chi connectivity index (χ0n) is 13.1. The zero-order chi connectivity index (χ0) is 15.6. The summed E-state index contributed by atoms with van der Waals surface area (Å²) in [6, 6.07) is 9.91. The molecule has 0 amide bonds. The Morgan fingerprint density at radius 2 is 2.00 bits per heavy atom. The number of benzene rings is 1. The van der Waals surface area contributed by atoms with Crippen LogP contribution in [0.15, 0.2) is 36.5 Å². The van der Waals surface area contributed by atoms with Crippen molar-refractivity contribution >= 4 is 10.8 Å². The van der Waals surface area contributed by atoms with E-state index >= 15 is 0 Å². The highest BCUT2D eigenvalue weighted by Gasteiger charge is 2.29. The van der Waals surface area contributed by atoms with Gasteiger partial charge in [-0.05, 0) is 38.9 Å². The Hall–Kier alpha value is -1.53. The first-order valence-corrected chi connectivity index (χ1v) is 8.94. The van der Waals surface area contributed by atoms with Crippen LogP contribution in [0.25, 0.3) is 5.69 Å². The van der Waals surface area contributed by atoms with Crippen molar-refractivity contribution in [1.29, 1.82) is 0 Å². The Morgan fingerprint density at radius 1 is 1.23 bits per heavy atom. The first-order chi connectivity index (χ1) is 10.5. The van der Waals surface area contributed by atoms with Crippen LogP contribution in [0.1, 0.15) is 26.0 Å². The lowest BCUT2D eigenvalue weighted by Crippen LogP contribution is -2.28. The molecule has 2 heterocycles. The molecular weight excluding hydrogens is 296 g/mol. The molecule has 0 saturated carbocycles. The molecule has 0 radical (unpaired) electrons. The van der Waals surface area contributed by atoms with Gasteiger partial charge in [-0.1, -0.05) is 18.2 Å². The van der Waals surface area contributed by atoms with E-state index in [4.69, 9.17) is 0 Å². The third-order valence-corrected chi connectivity index (χ3v) is 6.14. The third kappa shape index (κ3) is 3.44. The van der Waals surface area contributed by atoms with E-state index in [0.29, 0.717) is 0 Å². The zero-order valence-corrected chi connectivity index (χ0v) is 13.9. The second kappa shape index (κ2) is 6.30. The molecular formula is C16H22N4OS. The summed E-state index contributed by atoms with van der Waals surface area (Å²) in [5, 5.41) is 8.89. The van der Waals surface area contributed by atoms with E-state index in [0.717, 1.165) is 43.2 Å². The summed E-state index contributed by atoms with van der Waals surface area (Å²) in [5.74, 6) is 0.736. The van der Waals surface area contributed by atoms with Crippen molar-refractivity contribution < 1.29 is 4.21 Å². The number of rotatable bonds is 3. The number of hydrogen-bond donors (Lipinski definition) is 0. The van der Waals surface area contributed by atoms with E-state index in [1.807, 2.05) is 36.5 Å². The molecule has 2 aromatic rings. The number of para-hydroxylation sites is 1. The second-order valence-corrected chi connectivity index (χ2v) is 8.50.